The zero-order valence-electron chi connectivity index (χ0n) is 17.6. The van der Waals surface area contributed by atoms with Crippen molar-refractivity contribution in [1.82, 2.24) is 19.9 Å². The van der Waals surface area contributed by atoms with Crippen molar-refractivity contribution in [2.24, 2.45) is 0 Å². The number of aryl methyl sites for hydroxylation is 2. The van der Waals surface area contributed by atoms with E-state index in [1.807, 2.05) is 42.5 Å². The maximum Gasteiger partial charge on any atom is 0.258 e. The average molecular weight is 420 g/mol. The van der Waals surface area contributed by atoms with Gasteiger partial charge in [-0.2, -0.15) is 0 Å². The molecule has 0 saturated carbocycles. The van der Waals surface area contributed by atoms with Crippen LogP contribution in [0.15, 0.2) is 54.6 Å². The Bertz CT molecular complexity index is 1210. The zero-order chi connectivity index (χ0) is 21.8. The molecule has 2 aromatic heterocycles. The second-order valence-electron chi connectivity index (χ2n) is 7.62. The fraction of sp³-hybridized carbons (Fsp3) is 0.292. The summed E-state index contributed by atoms with van der Waals surface area (Å²) in [4.78, 5) is 12.4. The molecule has 31 heavy (non-hydrogen) atoms. The van der Waals surface area contributed by atoms with Gasteiger partial charge in [-0.25, -0.2) is 4.39 Å². The van der Waals surface area contributed by atoms with E-state index in [0.29, 0.717) is 11.9 Å². The lowest BCUT2D eigenvalue weighted by atomic mass is 10.1. The van der Waals surface area contributed by atoms with Crippen LogP contribution in [0.2, 0.25) is 0 Å². The number of nitrogens with one attached hydrogen (secondary N) is 1. The summed E-state index contributed by atoms with van der Waals surface area (Å²) in [5.41, 5.74) is 2.73. The summed E-state index contributed by atoms with van der Waals surface area (Å²) >= 11 is 0. The smallest absolute Gasteiger partial charge is 0.258 e. The van der Waals surface area contributed by atoms with Gasteiger partial charge in [0, 0.05) is 17.8 Å². The van der Waals surface area contributed by atoms with Gasteiger partial charge in [-0.05, 0) is 49.6 Å². The van der Waals surface area contributed by atoms with Crippen LogP contribution in [-0.4, -0.2) is 33.2 Å². The standard InChI is InChI=1S/C24H25FN4O2/c1-3-22-27-28-24(21-14-18-13-19(25)11-12-20(18)29(21)22)31-15-23(30)26-16(2)9-10-17-7-5-4-6-8-17/h4-8,11-14,16H,3,9-10,15H2,1-2H3,(H,26,30)/t16-/m0/s1. The highest BCUT2D eigenvalue weighted by molar-refractivity contribution is 5.89. The third-order valence-corrected chi connectivity index (χ3v) is 5.27. The highest BCUT2D eigenvalue weighted by atomic mass is 19.1. The molecular weight excluding hydrogens is 395 g/mol. The number of aromatic nitrogens is 3. The molecule has 0 saturated heterocycles. The topological polar surface area (TPSA) is 68.5 Å². The van der Waals surface area contributed by atoms with Crippen LogP contribution in [0.25, 0.3) is 16.4 Å². The number of ether oxygens (including phenoxy) is 1. The van der Waals surface area contributed by atoms with E-state index in [-0.39, 0.29) is 30.3 Å². The Labute approximate surface area is 180 Å². The number of rotatable bonds is 8. The lowest BCUT2D eigenvalue weighted by molar-refractivity contribution is -0.123. The minimum absolute atomic E-state index is 0.0174. The van der Waals surface area contributed by atoms with Crippen LogP contribution in [0.4, 0.5) is 4.39 Å². The summed E-state index contributed by atoms with van der Waals surface area (Å²) in [5.74, 6) is 0.458. The number of fused-ring (bicyclic) bond motifs is 3. The van der Waals surface area contributed by atoms with E-state index in [2.05, 4.69) is 27.6 Å². The van der Waals surface area contributed by atoms with E-state index in [0.717, 1.165) is 29.6 Å². The SMILES string of the molecule is CCc1nnc(OCC(=O)N[C@@H](C)CCc2ccccc2)c2cc3cc(F)ccc3n12. The van der Waals surface area contributed by atoms with Crippen molar-refractivity contribution in [2.45, 2.75) is 39.2 Å². The number of nitrogens with zero attached hydrogens (tertiary/aromatic N) is 3. The van der Waals surface area contributed by atoms with E-state index < -0.39 is 0 Å². The lowest BCUT2D eigenvalue weighted by Crippen LogP contribution is -2.36. The van der Waals surface area contributed by atoms with Gasteiger partial charge in [0.15, 0.2) is 6.61 Å². The fourth-order valence-corrected chi connectivity index (χ4v) is 3.70. The van der Waals surface area contributed by atoms with Gasteiger partial charge >= 0.3 is 0 Å². The Kier molecular flexibility index (Phi) is 6.11. The number of benzene rings is 2. The van der Waals surface area contributed by atoms with Gasteiger partial charge in [-0.3, -0.25) is 9.20 Å². The van der Waals surface area contributed by atoms with Gasteiger partial charge in [0.1, 0.15) is 17.2 Å². The van der Waals surface area contributed by atoms with E-state index in [1.54, 1.807) is 6.07 Å². The first kappa shape index (κ1) is 20.8. The van der Waals surface area contributed by atoms with Crippen LogP contribution < -0.4 is 10.1 Å². The van der Waals surface area contributed by atoms with Crippen molar-refractivity contribution in [3.05, 3.63) is 71.8 Å². The molecule has 0 bridgehead atoms. The van der Waals surface area contributed by atoms with Crippen molar-refractivity contribution in [3.8, 4) is 5.88 Å². The third kappa shape index (κ3) is 4.66. The molecule has 7 heteroatoms. The summed E-state index contributed by atoms with van der Waals surface area (Å²) in [7, 11) is 0. The highest BCUT2D eigenvalue weighted by Gasteiger charge is 2.16. The Hall–Kier alpha value is -3.48. The number of carbonyl (C=O) groups excluding carboxylic acids is 1. The molecule has 1 amide bonds. The van der Waals surface area contributed by atoms with Crippen LogP contribution in [0.3, 0.4) is 0 Å². The van der Waals surface area contributed by atoms with Crippen LogP contribution in [-0.2, 0) is 17.6 Å². The minimum atomic E-state index is -0.311. The van der Waals surface area contributed by atoms with Gasteiger partial charge in [-0.15, -0.1) is 10.2 Å². The van der Waals surface area contributed by atoms with Gasteiger partial charge in [-0.1, -0.05) is 37.3 Å². The van der Waals surface area contributed by atoms with E-state index >= 15 is 0 Å². The van der Waals surface area contributed by atoms with Gasteiger partial charge in [0.25, 0.3) is 11.8 Å². The molecule has 4 rings (SSSR count). The van der Waals surface area contributed by atoms with Gasteiger partial charge < -0.3 is 10.1 Å². The molecule has 160 valence electrons. The van der Waals surface area contributed by atoms with E-state index in [4.69, 9.17) is 4.74 Å². The maximum atomic E-state index is 13.7. The second-order valence-corrected chi connectivity index (χ2v) is 7.62. The molecule has 1 atom stereocenters. The Morgan fingerprint density at radius 3 is 2.71 bits per heavy atom. The quantitative estimate of drug-likeness (QED) is 0.466. The minimum Gasteiger partial charge on any atom is -0.465 e. The number of hydrogen-bond donors (Lipinski definition) is 1. The molecule has 0 unspecified atom stereocenters. The van der Waals surface area contributed by atoms with Crippen molar-refractivity contribution in [1.29, 1.82) is 0 Å². The molecule has 2 heterocycles. The first-order valence-electron chi connectivity index (χ1n) is 10.5. The molecule has 0 spiro atoms. The molecule has 0 fully saturated rings. The fourth-order valence-electron chi connectivity index (χ4n) is 3.70. The van der Waals surface area contributed by atoms with Crippen LogP contribution in [0, 0.1) is 5.82 Å². The average Bonchev–Trinajstić information content (AvgIpc) is 3.15. The molecule has 0 aliphatic heterocycles. The van der Waals surface area contributed by atoms with Crippen molar-refractivity contribution in [2.75, 3.05) is 6.61 Å². The van der Waals surface area contributed by atoms with Crippen molar-refractivity contribution < 1.29 is 13.9 Å². The number of hydrogen-bond acceptors (Lipinski definition) is 4. The number of halogens is 1. The van der Waals surface area contributed by atoms with Crippen molar-refractivity contribution in [3.63, 3.8) is 0 Å². The normalized spacial score (nSPS) is 12.2. The first-order chi connectivity index (χ1) is 15.0. The van der Waals surface area contributed by atoms with Gasteiger partial charge in [0.05, 0.1) is 5.52 Å². The lowest BCUT2D eigenvalue weighted by Gasteiger charge is -2.14. The third-order valence-electron chi connectivity index (χ3n) is 5.27. The molecule has 2 aromatic carbocycles. The predicted molar refractivity (Wildman–Crippen MR) is 118 cm³/mol. The van der Waals surface area contributed by atoms with E-state index in [9.17, 15) is 9.18 Å². The molecule has 1 N–H and O–H groups in total. The van der Waals surface area contributed by atoms with E-state index in [1.165, 1.54) is 17.7 Å². The molecule has 0 aliphatic carbocycles. The predicted octanol–water partition coefficient (Wildman–Crippen LogP) is 4.10. The van der Waals surface area contributed by atoms with Crippen LogP contribution >= 0.6 is 0 Å². The summed E-state index contributed by atoms with van der Waals surface area (Å²) < 4.78 is 21.3. The molecular formula is C24H25FN4O2. The Balaban J connectivity index is 1.43. The molecule has 4 aromatic rings. The molecule has 0 aliphatic rings. The number of amides is 1. The van der Waals surface area contributed by atoms with Crippen LogP contribution in [0.5, 0.6) is 5.88 Å². The second kappa shape index (κ2) is 9.12. The maximum absolute atomic E-state index is 13.7. The largest absolute Gasteiger partial charge is 0.465 e. The number of carbonyl (C=O) groups is 1. The van der Waals surface area contributed by atoms with Crippen LogP contribution in [0.1, 0.15) is 31.7 Å². The van der Waals surface area contributed by atoms with Crippen molar-refractivity contribution >= 4 is 22.3 Å². The highest BCUT2D eigenvalue weighted by Crippen LogP contribution is 2.27. The van der Waals surface area contributed by atoms with Gasteiger partial charge in [0.2, 0.25) is 0 Å². The Morgan fingerprint density at radius 2 is 1.94 bits per heavy atom. The molecule has 0 radical (unpaired) electrons. The Morgan fingerprint density at radius 1 is 1.13 bits per heavy atom. The summed E-state index contributed by atoms with van der Waals surface area (Å²) in [6.07, 6.45) is 2.38. The monoisotopic (exact) mass is 420 g/mol. The summed E-state index contributed by atoms with van der Waals surface area (Å²) in [6, 6.07) is 16.6. The first-order valence-corrected chi connectivity index (χ1v) is 10.5. The summed E-state index contributed by atoms with van der Waals surface area (Å²) in [5, 5.41) is 12.1. The molecule has 6 nitrogen and oxygen atoms in total. The zero-order valence-corrected chi connectivity index (χ0v) is 17.6. The summed E-state index contributed by atoms with van der Waals surface area (Å²) in [6.45, 7) is 3.79.